The van der Waals surface area contributed by atoms with Crippen LogP contribution in [0.4, 0.5) is 0 Å². The van der Waals surface area contributed by atoms with E-state index in [9.17, 15) is 14.4 Å². The lowest BCUT2D eigenvalue weighted by Gasteiger charge is -2.18. The van der Waals surface area contributed by atoms with Crippen LogP contribution < -0.4 is 0 Å². The minimum Gasteiger partial charge on any atom is -0.462 e. The van der Waals surface area contributed by atoms with Crippen molar-refractivity contribution in [3.63, 3.8) is 0 Å². The Morgan fingerprint density at radius 2 is 0.527 bits per heavy atom. The highest BCUT2D eigenvalue weighted by molar-refractivity contribution is 5.71. The second kappa shape index (κ2) is 62.1. The number of hydrogen-bond acceptors (Lipinski definition) is 6. The van der Waals surface area contributed by atoms with E-state index in [4.69, 9.17) is 14.2 Å². The summed E-state index contributed by atoms with van der Waals surface area (Å²) in [6, 6.07) is 0. The van der Waals surface area contributed by atoms with Gasteiger partial charge in [0.25, 0.3) is 0 Å². The summed E-state index contributed by atoms with van der Waals surface area (Å²) in [5, 5.41) is 0. The van der Waals surface area contributed by atoms with Gasteiger partial charge >= 0.3 is 17.9 Å². The fourth-order valence-corrected chi connectivity index (χ4v) is 8.91. The summed E-state index contributed by atoms with van der Waals surface area (Å²) >= 11 is 0. The first-order valence-electron chi connectivity index (χ1n) is 31.6. The zero-order valence-electron chi connectivity index (χ0n) is 48.8. The lowest BCUT2D eigenvalue weighted by atomic mass is 10.0. The van der Waals surface area contributed by atoms with Gasteiger partial charge in [0.05, 0.1) is 0 Å². The summed E-state index contributed by atoms with van der Waals surface area (Å²) in [5.74, 6) is -0.891. The molecule has 74 heavy (non-hydrogen) atoms. The molecular weight excluding hydrogens is 913 g/mol. The number of ether oxygens (including phenoxy) is 3. The smallest absolute Gasteiger partial charge is 0.306 e. The van der Waals surface area contributed by atoms with E-state index in [1.165, 1.54) is 167 Å². The quantitative estimate of drug-likeness (QED) is 0.0261. The zero-order chi connectivity index (χ0) is 53.6. The molecule has 0 saturated heterocycles. The molecule has 0 aliphatic heterocycles. The number of unbranched alkanes of at least 4 members (excludes halogenated alkanes) is 32. The van der Waals surface area contributed by atoms with Gasteiger partial charge in [-0.2, -0.15) is 0 Å². The van der Waals surface area contributed by atoms with Crippen molar-refractivity contribution in [2.75, 3.05) is 13.2 Å². The van der Waals surface area contributed by atoms with E-state index in [2.05, 4.69) is 106 Å². The predicted octanol–water partition coefficient (Wildman–Crippen LogP) is 21.5. The van der Waals surface area contributed by atoms with Crippen LogP contribution >= 0.6 is 0 Å². The van der Waals surface area contributed by atoms with E-state index in [1.54, 1.807) is 0 Å². The molecule has 0 bridgehead atoms. The Kier molecular flexibility index (Phi) is 59.3. The van der Waals surface area contributed by atoms with E-state index < -0.39 is 6.10 Å². The number of allylic oxidation sites excluding steroid dienone is 14. The number of rotatable bonds is 57. The van der Waals surface area contributed by atoms with Crippen molar-refractivity contribution in [1.82, 2.24) is 0 Å². The number of carbonyl (C=O) groups excluding carboxylic acids is 3. The summed E-state index contributed by atoms with van der Waals surface area (Å²) in [4.78, 5) is 38.0. The van der Waals surface area contributed by atoms with Gasteiger partial charge in [0.1, 0.15) is 13.2 Å². The lowest BCUT2D eigenvalue weighted by Crippen LogP contribution is -2.30. The summed E-state index contributed by atoms with van der Waals surface area (Å²) in [7, 11) is 0. The second-order valence-corrected chi connectivity index (χ2v) is 20.9. The molecule has 0 aliphatic carbocycles. The zero-order valence-corrected chi connectivity index (χ0v) is 48.8. The van der Waals surface area contributed by atoms with Crippen molar-refractivity contribution in [3.8, 4) is 0 Å². The van der Waals surface area contributed by atoms with E-state index in [-0.39, 0.29) is 31.1 Å². The second-order valence-electron chi connectivity index (χ2n) is 20.9. The van der Waals surface area contributed by atoms with Crippen LogP contribution in [0.25, 0.3) is 0 Å². The minimum atomic E-state index is -0.780. The molecule has 0 amide bonds. The van der Waals surface area contributed by atoms with Crippen LogP contribution in [0.2, 0.25) is 0 Å². The van der Waals surface area contributed by atoms with Crippen LogP contribution in [0.1, 0.15) is 310 Å². The van der Waals surface area contributed by atoms with Gasteiger partial charge in [-0.3, -0.25) is 14.4 Å². The van der Waals surface area contributed by atoms with Crippen molar-refractivity contribution in [2.24, 2.45) is 0 Å². The van der Waals surface area contributed by atoms with Gasteiger partial charge in [0, 0.05) is 19.3 Å². The van der Waals surface area contributed by atoms with Crippen molar-refractivity contribution in [2.45, 2.75) is 316 Å². The normalized spacial score (nSPS) is 12.6. The molecule has 1 unspecified atom stereocenters. The monoisotopic (exact) mass is 1030 g/mol. The molecule has 0 fully saturated rings. The summed E-state index contributed by atoms with van der Waals surface area (Å²) in [6.07, 6.45) is 82.0. The molecule has 0 saturated carbocycles. The average Bonchev–Trinajstić information content (AvgIpc) is 3.40. The molecular formula is C68H118O6. The van der Waals surface area contributed by atoms with Gasteiger partial charge < -0.3 is 14.2 Å². The molecule has 0 rings (SSSR count). The Morgan fingerprint density at radius 3 is 0.824 bits per heavy atom. The number of esters is 3. The lowest BCUT2D eigenvalue weighted by molar-refractivity contribution is -0.167. The minimum absolute atomic E-state index is 0.0792. The first kappa shape index (κ1) is 70.6. The molecule has 0 radical (unpaired) electrons. The maximum Gasteiger partial charge on any atom is 0.306 e. The van der Waals surface area contributed by atoms with Gasteiger partial charge in [0.2, 0.25) is 0 Å². The molecule has 0 N–H and O–H groups in total. The van der Waals surface area contributed by atoms with E-state index in [0.29, 0.717) is 19.3 Å². The summed E-state index contributed by atoms with van der Waals surface area (Å²) in [6.45, 7) is 6.47. The fourth-order valence-electron chi connectivity index (χ4n) is 8.91. The van der Waals surface area contributed by atoms with Gasteiger partial charge in [0.15, 0.2) is 6.10 Å². The molecule has 0 aromatic carbocycles. The van der Waals surface area contributed by atoms with Crippen LogP contribution in [0, 0.1) is 0 Å². The predicted molar refractivity (Wildman–Crippen MR) is 321 cm³/mol. The highest BCUT2D eigenvalue weighted by atomic mass is 16.6. The highest BCUT2D eigenvalue weighted by Crippen LogP contribution is 2.16. The molecule has 6 nitrogen and oxygen atoms in total. The molecule has 426 valence electrons. The Balaban J connectivity index is 4.10. The highest BCUT2D eigenvalue weighted by Gasteiger charge is 2.19. The van der Waals surface area contributed by atoms with Crippen molar-refractivity contribution < 1.29 is 28.6 Å². The summed E-state index contributed by atoms with van der Waals surface area (Å²) < 4.78 is 16.8. The SMILES string of the molecule is CC/C=C\C/C=C\C/C=C\C/C=C\C/C=C\CCCCCCCCCC(=O)OC(COC(=O)CCCCCCCC)COC(=O)CCCCCCCCCCCCCCCCC/C=C\C/C=C\CCCCCCC. The fraction of sp³-hybridized carbons (Fsp3) is 0.750. The molecule has 0 aliphatic rings. The van der Waals surface area contributed by atoms with E-state index in [1.807, 2.05) is 0 Å². The van der Waals surface area contributed by atoms with E-state index in [0.717, 1.165) is 103 Å². The molecule has 0 aromatic rings. The molecule has 0 spiro atoms. The van der Waals surface area contributed by atoms with Crippen LogP contribution in [-0.4, -0.2) is 37.2 Å². The van der Waals surface area contributed by atoms with E-state index >= 15 is 0 Å². The van der Waals surface area contributed by atoms with Crippen LogP contribution in [0.15, 0.2) is 85.1 Å². The van der Waals surface area contributed by atoms with Crippen LogP contribution in [0.5, 0.6) is 0 Å². The Bertz CT molecular complexity index is 1420. The van der Waals surface area contributed by atoms with Crippen molar-refractivity contribution in [3.05, 3.63) is 85.1 Å². The van der Waals surface area contributed by atoms with Crippen LogP contribution in [-0.2, 0) is 28.6 Å². The van der Waals surface area contributed by atoms with Gasteiger partial charge in [-0.05, 0) is 96.3 Å². The van der Waals surface area contributed by atoms with Gasteiger partial charge in [-0.25, -0.2) is 0 Å². The van der Waals surface area contributed by atoms with Gasteiger partial charge in [-0.15, -0.1) is 0 Å². The third-order valence-corrected chi connectivity index (χ3v) is 13.6. The van der Waals surface area contributed by atoms with Crippen LogP contribution in [0.3, 0.4) is 0 Å². The average molecular weight is 1030 g/mol. The van der Waals surface area contributed by atoms with Gasteiger partial charge in [-0.1, -0.05) is 279 Å². The number of hydrogen-bond donors (Lipinski definition) is 0. The topological polar surface area (TPSA) is 78.9 Å². The maximum atomic E-state index is 12.8. The first-order chi connectivity index (χ1) is 36.5. The molecule has 0 heterocycles. The number of carbonyl (C=O) groups is 3. The standard InChI is InChI=1S/C68H118O6/c1-4-7-10-13-16-18-20-22-24-26-28-30-32-33-34-35-37-38-40-42-44-46-48-50-52-55-58-61-67(70)73-64-65(63-72-66(69)60-57-54-15-12-9-6-3)74-68(71)62-59-56-53-51-49-47-45-43-41-39-36-31-29-27-25-23-21-19-17-14-11-8-5-2/h8,11,17,19-20,22-23,25-26,28-29,31,39,41,65H,4-7,9-10,12-16,18,21,24,27,30,32-38,40,42-64H2,1-3H3/b11-8-,19-17-,22-20-,25-23-,28-26-,31-29-,41-39-. The molecule has 6 heteroatoms. The first-order valence-corrected chi connectivity index (χ1v) is 31.6. The Morgan fingerprint density at radius 1 is 0.284 bits per heavy atom. The Labute approximate surface area is 458 Å². The molecule has 1 atom stereocenters. The third kappa shape index (κ3) is 59.5. The third-order valence-electron chi connectivity index (χ3n) is 13.6. The van der Waals surface area contributed by atoms with Crippen molar-refractivity contribution >= 4 is 17.9 Å². The Hall–Kier alpha value is -3.41. The van der Waals surface area contributed by atoms with Crippen molar-refractivity contribution in [1.29, 1.82) is 0 Å². The maximum absolute atomic E-state index is 12.8. The largest absolute Gasteiger partial charge is 0.462 e. The molecule has 0 aromatic heterocycles. The summed E-state index contributed by atoms with van der Waals surface area (Å²) in [5.41, 5.74) is 0.